The fourth-order valence-corrected chi connectivity index (χ4v) is 2.05. The van der Waals surface area contributed by atoms with Crippen molar-refractivity contribution in [3.05, 3.63) is 35.4 Å². The number of carbonyl (C=O) groups excluding carboxylic acids is 1. The number of nitrogens with zero attached hydrogens (tertiary/aromatic N) is 1. The fourth-order valence-electron chi connectivity index (χ4n) is 2.05. The highest BCUT2D eigenvalue weighted by molar-refractivity contribution is 5.81. The Morgan fingerprint density at radius 2 is 1.82 bits per heavy atom. The first-order valence-corrected chi connectivity index (χ1v) is 5.41. The predicted octanol–water partition coefficient (Wildman–Crippen LogP) is 2.52. The van der Waals surface area contributed by atoms with Gasteiger partial charge in [-0.15, -0.1) is 0 Å². The third-order valence-electron chi connectivity index (χ3n) is 2.88. The zero-order chi connectivity index (χ0) is 12.5. The minimum atomic E-state index is -4.78. The van der Waals surface area contributed by atoms with Crippen LogP contribution < -0.4 is 0 Å². The molecule has 0 saturated carbocycles. The molecule has 0 aliphatic carbocycles. The van der Waals surface area contributed by atoms with Crippen molar-refractivity contribution < 1.29 is 18.0 Å². The van der Waals surface area contributed by atoms with Gasteiger partial charge in [0.2, 0.25) is 0 Å². The van der Waals surface area contributed by atoms with Gasteiger partial charge in [0.15, 0.2) is 0 Å². The lowest BCUT2D eigenvalue weighted by atomic mass is 10.0. The average Bonchev–Trinajstić information content (AvgIpc) is 2.48. The fraction of sp³-hybridized carbons (Fsp3) is 0.417. The van der Waals surface area contributed by atoms with E-state index in [-0.39, 0.29) is 13.1 Å². The van der Waals surface area contributed by atoms with Crippen molar-refractivity contribution >= 4 is 5.91 Å². The maximum atomic E-state index is 12.4. The van der Waals surface area contributed by atoms with Crippen molar-refractivity contribution in [1.82, 2.24) is 4.90 Å². The largest absolute Gasteiger partial charge is 0.471 e. The monoisotopic (exact) mass is 243 g/mol. The van der Waals surface area contributed by atoms with Gasteiger partial charge in [-0.05, 0) is 24.0 Å². The number of carbonyl (C=O) groups is 1. The van der Waals surface area contributed by atoms with Gasteiger partial charge in [-0.3, -0.25) is 4.79 Å². The molecule has 92 valence electrons. The zero-order valence-electron chi connectivity index (χ0n) is 9.13. The van der Waals surface area contributed by atoms with Crippen LogP contribution in [0.3, 0.4) is 0 Å². The van der Waals surface area contributed by atoms with Gasteiger partial charge in [-0.2, -0.15) is 13.2 Å². The summed E-state index contributed by atoms with van der Waals surface area (Å²) in [7, 11) is 0. The summed E-state index contributed by atoms with van der Waals surface area (Å²) in [4.78, 5) is 12.1. The number of halogens is 3. The summed E-state index contributed by atoms with van der Waals surface area (Å²) in [5.41, 5.74) is 1.84. The second-order valence-corrected chi connectivity index (χ2v) is 4.10. The Morgan fingerprint density at radius 1 is 1.18 bits per heavy atom. The third-order valence-corrected chi connectivity index (χ3v) is 2.88. The lowest BCUT2D eigenvalue weighted by Crippen LogP contribution is -2.40. The van der Waals surface area contributed by atoms with E-state index in [0.29, 0.717) is 6.42 Å². The van der Waals surface area contributed by atoms with Crippen molar-refractivity contribution in [1.29, 1.82) is 0 Å². The Labute approximate surface area is 97.0 Å². The van der Waals surface area contributed by atoms with E-state index in [4.69, 9.17) is 0 Å². The standard InChI is InChI=1S/C12H12F3NO/c13-12(14,15)11(17)16-7-3-6-9-4-1-2-5-10(9)8-16/h1-2,4-5H,3,6-8H2. The van der Waals surface area contributed by atoms with E-state index in [0.717, 1.165) is 22.4 Å². The van der Waals surface area contributed by atoms with Crippen molar-refractivity contribution in [3.63, 3.8) is 0 Å². The molecule has 0 N–H and O–H groups in total. The van der Waals surface area contributed by atoms with Crippen LogP contribution in [0.2, 0.25) is 0 Å². The molecule has 0 unspecified atom stereocenters. The molecule has 0 radical (unpaired) electrons. The molecule has 0 atom stereocenters. The van der Waals surface area contributed by atoms with Gasteiger partial charge in [0.1, 0.15) is 0 Å². The van der Waals surface area contributed by atoms with Crippen LogP contribution in [0.1, 0.15) is 17.5 Å². The van der Waals surface area contributed by atoms with E-state index in [9.17, 15) is 18.0 Å². The number of hydrogen-bond acceptors (Lipinski definition) is 1. The number of amides is 1. The average molecular weight is 243 g/mol. The summed E-state index contributed by atoms with van der Waals surface area (Å²) >= 11 is 0. The van der Waals surface area contributed by atoms with E-state index in [1.165, 1.54) is 0 Å². The first-order chi connectivity index (χ1) is 7.98. The first-order valence-electron chi connectivity index (χ1n) is 5.41. The van der Waals surface area contributed by atoms with Crippen molar-refractivity contribution in [2.24, 2.45) is 0 Å². The second-order valence-electron chi connectivity index (χ2n) is 4.10. The highest BCUT2D eigenvalue weighted by atomic mass is 19.4. The van der Waals surface area contributed by atoms with E-state index in [1.54, 1.807) is 12.1 Å². The Bertz CT molecular complexity index is 428. The summed E-state index contributed by atoms with van der Waals surface area (Å²) in [6, 6.07) is 7.31. The summed E-state index contributed by atoms with van der Waals surface area (Å²) in [6.45, 7) is 0.210. The topological polar surface area (TPSA) is 20.3 Å². The minimum absolute atomic E-state index is 0.0501. The Balaban J connectivity index is 2.22. The summed E-state index contributed by atoms with van der Waals surface area (Å²) in [5, 5.41) is 0. The van der Waals surface area contributed by atoms with Crippen LogP contribution in [-0.2, 0) is 17.8 Å². The molecule has 0 fully saturated rings. The van der Waals surface area contributed by atoms with Crippen LogP contribution in [0, 0.1) is 0 Å². The summed E-state index contributed by atoms with van der Waals surface area (Å²) < 4.78 is 37.1. The van der Waals surface area contributed by atoms with Gasteiger partial charge in [0.05, 0.1) is 0 Å². The number of fused-ring (bicyclic) bond motifs is 1. The smallest absolute Gasteiger partial charge is 0.331 e. The van der Waals surface area contributed by atoms with Gasteiger partial charge in [0.25, 0.3) is 0 Å². The van der Waals surface area contributed by atoms with Gasteiger partial charge >= 0.3 is 12.1 Å². The molecule has 17 heavy (non-hydrogen) atoms. The quantitative estimate of drug-likeness (QED) is 0.685. The van der Waals surface area contributed by atoms with Crippen molar-refractivity contribution in [2.45, 2.75) is 25.6 Å². The van der Waals surface area contributed by atoms with E-state index in [1.807, 2.05) is 12.1 Å². The highest BCUT2D eigenvalue weighted by Gasteiger charge is 2.42. The third kappa shape index (κ3) is 2.60. The molecule has 2 rings (SSSR count). The molecule has 1 aliphatic heterocycles. The van der Waals surface area contributed by atoms with E-state index >= 15 is 0 Å². The molecular formula is C12H12F3NO. The zero-order valence-corrected chi connectivity index (χ0v) is 9.13. The molecule has 0 bridgehead atoms. The van der Waals surface area contributed by atoms with Crippen LogP contribution in [-0.4, -0.2) is 23.5 Å². The normalized spacial score (nSPS) is 16.3. The Hall–Kier alpha value is -1.52. The molecule has 0 spiro atoms. The molecule has 0 aromatic heterocycles. The first kappa shape index (κ1) is 12.0. The van der Waals surface area contributed by atoms with Crippen LogP contribution >= 0.6 is 0 Å². The molecule has 1 aromatic carbocycles. The SMILES string of the molecule is O=C(N1CCCc2ccccc2C1)C(F)(F)F. The number of rotatable bonds is 0. The molecule has 1 aliphatic rings. The Kier molecular flexibility index (Phi) is 3.09. The molecule has 1 aromatic rings. The van der Waals surface area contributed by atoms with Crippen LogP contribution in [0.25, 0.3) is 0 Å². The molecule has 0 saturated heterocycles. The number of aryl methyl sites for hydroxylation is 1. The highest BCUT2D eigenvalue weighted by Crippen LogP contribution is 2.24. The maximum absolute atomic E-state index is 12.4. The van der Waals surface area contributed by atoms with Gasteiger partial charge < -0.3 is 4.90 Å². The van der Waals surface area contributed by atoms with E-state index in [2.05, 4.69) is 0 Å². The lowest BCUT2D eigenvalue weighted by molar-refractivity contribution is -0.186. The molecular weight excluding hydrogens is 231 g/mol. The van der Waals surface area contributed by atoms with Crippen molar-refractivity contribution in [3.8, 4) is 0 Å². The molecule has 1 amide bonds. The Morgan fingerprint density at radius 3 is 2.47 bits per heavy atom. The van der Waals surface area contributed by atoms with Crippen LogP contribution in [0.5, 0.6) is 0 Å². The number of alkyl halides is 3. The summed E-state index contributed by atoms with van der Waals surface area (Å²) in [5.74, 6) is -1.74. The predicted molar refractivity (Wildman–Crippen MR) is 56.2 cm³/mol. The number of benzene rings is 1. The van der Waals surface area contributed by atoms with Gasteiger partial charge in [-0.1, -0.05) is 24.3 Å². The van der Waals surface area contributed by atoms with Crippen LogP contribution in [0.15, 0.2) is 24.3 Å². The van der Waals surface area contributed by atoms with E-state index < -0.39 is 12.1 Å². The maximum Gasteiger partial charge on any atom is 0.471 e. The lowest BCUT2D eigenvalue weighted by Gasteiger charge is -2.21. The summed E-state index contributed by atoms with van der Waals surface area (Å²) in [6.07, 6.45) is -3.49. The molecule has 1 heterocycles. The van der Waals surface area contributed by atoms with Gasteiger partial charge in [-0.25, -0.2) is 0 Å². The minimum Gasteiger partial charge on any atom is -0.331 e. The number of hydrogen-bond donors (Lipinski definition) is 0. The molecule has 2 nitrogen and oxygen atoms in total. The van der Waals surface area contributed by atoms with Crippen LogP contribution in [0.4, 0.5) is 13.2 Å². The van der Waals surface area contributed by atoms with Gasteiger partial charge in [0, 0.05) is 13.1 Å². The van der Waals surface area contributed by atoms with Crippen molar-refractivity contribution in [2.75, 3.05) is 6.54 Å². The second kappa shape index (κ2) is 4.39. The molecule has 5 heteroatoms.